The summed E-state index contributed by atoms with van der Waals surface area (Å²) in [5.74, 6) is -0.0497. The van der Waals surface area contributed by atoms with Crippen LogP contribution in [0.2, 0.25) is 0 Å². The minimum Gasteiger partial charge on any atom is -0.391 e. The topological polar surface area (TPSA) is 76.0 Å². The normalized spacial score (nSPS) is 33.5. The number of sulfonamides is 1. The molecular formula is C19H24N2O4S. The van der Waals surface area contributed by atoms with Gasteiger partial charge in [0.2, 0.25) is 10.0 Å². The first-order valence-electron chi connectivity index (χ1n) is 9.03. The fourth-order valence-corrected chi connectivity index (χ4v) is 7.90. The fourth-order valence-electron chi connectivity index (χ4n) is 5.40. The lowest BCUT2D eigenvalue weighted by Gasteiger charge is -2.36. The van der Waals surface area contributed by atoms with E-state index >= 15 is 0 Å². The highest BCUT2D eigenvalue weighted by Crippen LogP contribution is 2.69. The molecule has 1 aromatic rings. The maximum absolute atomic E-state index is 12.7. The van der Waals surface area contributed by atoms with E-state index in [1.807, 2.05) is 30.3 Å². The summed E-state index contributed by atoms with van der Waals surface area (Å²) in [4.78, 5) is 17.8. The highest BCUT2D eigenvalue weighted by Gasteiger charge is 2.72. The van der Waals surface area contributed by atoms with Crippen LogP contribution in [0.4, 0.5) is 0 Å². The van der Waals surface area contributed by atoms with Crippen molar-refractivity contribution in [2.45, 2.75) is 45.8 Å². The summed E-state index contributed by atoms with van der Waals surface area (Å²) in [6, 6.07) is 9.23. The van der Waals surface area contributed by atoms with E-state index in [1.54, 1.807) is 0 Å². The van der Waals surface area contributed by atoms with Gasteiger partial charge in [-0.15, -0.1) is 0 Å². The predicted molar refractivity (Wildman–Crippen MR) is 97.7 cm³/mol. The Kier molecular flexibility index (Phi) is 3.91. The molecule has 7 heteroatoms. The number of rotatable bonds is 4. The molecule has 1 heterocycles. The first-order valence-corrected chi connectivity index (χ1v) is 10.6. The Morgan fingerprint density at radius 1 is 1.35 bits per heavy atom. The van der Waals surface area contributed by atoms with Gasteiger partial charge in [-0.05, 0) is 36.2 Å². The summed E-state index contributed by atoms with van der Waals surface area (Å²) < 4.78 is 26.6. The van der Waals surface area contributed by atoms with Crippen molar-refractivity contribution < 1.29 is 18.0 Å². The van der Waals surface area contributed by atoms with Gasteiger partial charge in [0, 0.05) is 5.41 Å². The minimum absolute atomic E-state index is 0.0548. The average Bonchev–Trinajstić information content (AvgIpc) is 3.07. The monoisotopic (exact) mass is 376 g/mol. The van der Waals surface area contributed by atoms with Crippen LogP contribution in [0.15, 0.2) is 35.5 Å². The Labute approximate surface area is 154 Å². The van der Waals surface area contributed by atoms with Crippen molar-refractivity contribution in [3.63, 3.8) is 0 Å². The van der Waals surface area contributed by atoms with E-state index in [-0.39, 0.29) is 29.2 Å². The third-order valence-corrected chi connectivity index (χ3v) is 8.85. The second kappa shape index (κ2) is 5.81. The van der Waals surface area contributed by atoms with Crippen LogP contribution in [0.25, 0.3) is 0 Å². The Balaban J connectivity index is 1.49. The van der Waals surface area contributed by atoms with E-state index in [2.05, 4.69) is 19.0 Å². The maximum Gasteiger partial charge on any atom is 0.282 e. The number of hydrogen-bond acceptors (Lipinski definition) is 5. The third-order valence-electron chi connectivity index (χ3n) is 6.94. The van der Waals surface area contributed by atoms with Crippen molar-refractivity contribution >= 4 is 22.1 Å². The molecule has 0 radical (unpaired) electrons. The number of fused-ring (bicyclic) bond motifs is 1. The molecule has 0 N–H and O–H groups in total. The predicted octanol–water partition coefficient (Wildman–Crippen LogP) is 2.56. The lowest BCUT2D eigenvalue weighted by atomic mass is 9.69. The molecule has 1 aliphatic heterocycles. The Morgan fingerprint density at radius 3 is 2.77 bits per heavy atom. The number of carbonyl (C=O) groups excluding carboxylic acids is 1. The largest absolute Gasteiger partial charge is 0.391 e. The number of oxime groups is 1. The van der Waals surface area contributed by atoms with Crippen molar-refractivity contribution in [3.05, 3.63) is 35.9 Å². The number of amides is 1. The summed E-state index contributed by atoms with van der Waals surface area (Å²) in [6.45, 7) is 4.55. The molecule has 3 aliphatic rings. The van der Waals surface area contributed by atoms with Crippen LogP contribution in [-0.4, -0.2) is 36.6 Å². The molecule has 1 saturated heterocycles. The zero-order valence-corrected chi connectivity index (χ0v) is 15.9. The molecule has 0 aromatic heterocycles. The van der Waals surface area contributed by atoms with Crippen molar-refractivity contribution in [1.82, 2.24) is 4.31 Å². The molecule has 1 spiro atoms. The molecule has 1 amide bonds. The van der Waals surface area contributed by atoms with Gasteiger partial charge in [-0.3, -0.25) is 4.79 Å². The van der Waals surface area contributed by atoms with Crippen LogP contribution in [0, 0.1) is 16.7 Å². The van der Waals surface area contributed by atoms with Crippen LogP contribution in [0.3, 0.4) is 0 Å². The number of benzene rings is 1. The summed E-state index contributed by atoms with van der Waals surface area (Å²) in [5.41, 5.74) is 0.561. The van der Waals surface area contributed by atoms with Crippen molar-refractivity contribution in [1.29, 1.82) is 0 Å². The van der Waals surface area contributed by atoms with E-state index in [4.69, 9.17) is 4.84 Å². The highest BCUT2D eigenvalue weighted by molar-refractivity contribution is 7.90. The van der Waals surface area contributed by atoms with Gasteiger partial charge < -0.3 is 4.84 Å². The summed E-state index contributed by atoms with van der Waals surface area (Å²) in [6.07, 6.45) is 3.69. The second-order valence-corrected chi connectivity index (χ2v) is 10.1. The molecule has 4 rings (SSSR count). The van der Waals surface area contributed by atoms with E-state index in [0.29, 0.717) is 5.92 Å². The molecular weight excluding hydrogens is 352 g/mol. The van der Waals surface area contributed by atoms with Crippen LogP contribution < -0.4 is 0 Å². The molecule has 1 unspecified atom stereocenters. The molecule has 26 heavy (non-hydrogen) atoms. The maximum atomic E-state index is 12.7. The molecule has 1 aromatic carbocycles. The zero-order valence-electron chi connectivity index (χ0n) is 15.1. The van der Waals surface area contributed by atoms with Crippen LogP contribution in [-0.2, 0) is 26.3 Å². The summed E-state index contributed by atoms with van der Waals surface area (Å²) in [5, 5.41) is 3.71. The van der Waals surface area contributed by atoms with Gasteiger partial charge in [0.25, 0.3) is 5.91 Å². The smallest absolute Gasteiger partial charge is 0.282 e. The van der Waals surface area contributed by atoms with Crippen molar-refractivity contribution in [2.24, 2.45) is 21.9 Å². The van der Waals surface area contributed by atoms with Gasteiger partial charge in [0.1, 0.15) is 12.8 Å². The zero-order chi connectivity index (χ0) is 18.6. The fraction of sp³-hybridized carbons (Fsp3) is 0.579. The molecule has 2 bridgehead atoms. The lowest BCUT2D eigenvalue weighted by Crippen LogP contribution is -2.44. The molecule has 2 aliphatic carbocycles. The van der Waals surface area contributed by atoms with Gasteiger partial charge in [-0.2, -0.15) is 0 Å². The Morgan fingerprint density at radius 2 is 2.08 bits per heavy atom. The third kappa shape index (κ3) is 2.40. The van der Waals surface area contributed by atoms with E-state index in [9.17, 15) is 13.2 Å². The van der Waals surface area contributed by atoms with Crippen LogP contribution in [0.1, 0.15) is 38.7 Å². The van der Waals surface area contributed by atoms with Crippen LogP contribution >= 0.6 is 0 Å². The summed E-state index contributed by atoms with van der Waals surface area (Å²) in [7, 11) is -3.61. The van der Waals surface area contributed by atoms with Gasteiger partial charge in [0.05, 0.1) is 11.8 Å². The standard InChI is InChI=1S/C19H24N2O4S/c1-18(2)15-8-9-19(18)13-26(23,24)21(16(19)10-15)17(22)11-20-25-12-14-6-4-3-5-7-14/h3-7,11,15-16H,8-10,12-13H2,1-2H3/b20-11+/t15?,16-,19+/m0/s1. The number of hydrogen-bond donors (Lipinski definition) is 0. The quantitative estimate of drug-likeness (QED) is 0.598. The minimum atomic E-state index is -3.61. The first kappa shape index (κ1) is 17.5. The van der Waals surface area contributed by atoms with E-state index in [0.717, 1.165) is 35.3 Å². The van der Waals surface area contributed by atoms with Gasteiger partial charge in [-0.1, -0.05) is 49.3 Å². The van der Waals surface area contributed by atoms with Gasteiger partial charge in [0.15, 0.2) is 0 Å². The lowest BCUT2D eigenvalue weighted by molar-refractivity contribution is -0.121. The molecule has 6 nitrogen and oxygen atoms in total. The van der Waals surface area contributed by atoms with Crippen LogP contribution in [0.5, 0.6) is 0 Å². The van der Waals surface area contributed by atoms with Gasteiger partial charge >= 0.3 is 0 Å². The number of carbonyl (C=O) groups is 1. The molecule has 140 valence electrons. The highest BCUT2D eigenvalue weighted by atomic mass is 32.2. The average molecular weight is 376 g/mol. The SMILES string of the molecule is CC1(C)C2CC[C@]13CS(=O)(=O)N(C(=O)/C=N/OCc1ccccc1)[C@H]3C2. The van der Waals surface area contributed by atoms with Crippen molar-refractivity contribution in [2.75, 3.05) is 5.75 Å². The van der Waals surface area contributed by atoms with Crippen molar-refractivity contribution in [3.8, 4) is 0 Å². The van der Waals surface area contributed by atoms with Gasteiger partial charge in [-0.25, -0.2) is 12.7 Å². The molecule has 3 atom stereocenters. The van der Waals surface area contributed by atoms with E-state index < -0.39 is 15.9 Å². The summed E-state index contributed by atoms with van der Waals surface area (Å²) >= 11 is 0. The molecule has 2 saturated carbocycles. The Hall–Kier alpha value is -1.89. The number of nitrogens with zero attached hydrogens (tertiary/aromatic N) is 2. The van der Waals surface area contributed by atoms with E-state index in [1.165, 1.54) is 0 Å². The Bertz CT molecular complexity index is 850. The second-order valence-electron chi connectivity index (χ2n) is 8.25. The molecule has 3 fully saturated rings. The first-order chi connectivity index (χ1) is 12.3.